The molecule has 5 heteroatoms. The van der Waals surface area contributed by atoms with Crippen molar-refractivity contribution >= 4 is 17.8 Å². The van der Waals surface area contributed by atoms with Gasteiger partial charge in [0.1, 0.15) is 0 Å². The monoisotopic (exact) mass is 292 g/mol. The van der Waals surface area contributed by atoms with Crippen LogP contribution >= 0.6 is 0 Å². The number of fused-ring (bicyclic) bond motifs is 1. The molecule has 0 aromatic heterocycles. The summed E-state index contributed by atoms with van der Waals surface area (Å²) >= 11 is 0. The fourth-order valence-electron chi connectivity index (χ4n) is 3.04. The summed E-state index contributed by atoms with van der Waals surface area (Å²) in [6, 6.07) is 5.65. The van der Waals surface area contributed by atoms with Crippen LogP contribution in [0.4, 0.5) is 11.4 Å². The molecule has 1 aliphatic heterocycles. The Labute approximate surface area is 125 Å². The number of benzene rings is 1. The van der Waals surface area contributed by atoms with Crippen LogP contribution in [0.3, 0.4) is 0 Å². The third-order valence-electron chi connectivity index (χ3n) is 4.15. The highest BCUT2D eigenvalue weighted by atomic mass is 16.3. The molecule has 0 bridgehead atoms. The lowest BCUT2D eigenvalue weighted by atomic mass is 9.84. The van der Waals surface area contributed by atoms with Gasteiger partial charge in [0.05, 0.1) is 19.3 Å². The number of hydrogen-bond acceptors (Lipinski definition) is 4. The SMILES string of the molecule is CC(C)(C)C1Cc2cc(NC=O)ccc2N1C(CO)CO. The molecule has 3 N–H and O–H groups in total. The summed E-state index contributed by atoms with van der Waals surface area (Å²) < 4.78 is 0. The average molecular weight is 292 g/mol. The van der Waals surface area contributed by atoms with E-state index in [0.29, 0.717) is 6.41 Å². The van der Waals surface area contributed by atoms with Gasteiger partial charge < -0.3 is 20.4 Å². The van der Waals surface area contributed by atoms with Crippen LogP contribution in [0.15, 0.2) is 18.2 Å². The zero-order valence-corrected chi connectivity index (χ0v) is 12.8. The predicted octanol–water partition coefficient (Wildman–Crippen LogP) is 1.39. The van der Waals surface area contributed by atoms with E-state index in [-0.39, 0.29) is 30.7 Å². The zero-order chi connectivity index (χ0) is 15.6. The topological polar surface area (TPSA) is 72.8 Å². The predicted molar refractivity (Wildman–Crippen MR) is 83.5 cm³/mol. The number of rotatable bonds is 5. The van der Waals surface area contributed by atoms with Crippen molar-refractivity contribution in [1.29, 1.82) is 0 Å². The molecule has 1 atom stereocenters. The second-order valence-corrected chi connectivity index (χ2v) is 6.62. The number of hydrogen-bond donors (Lipinski definition) is 3. The maximum Gasteiger partial charge on any atom is 0.211 e. The molecule has 2 rings (SSSR count). The molecule has 0 aliphatic carbocycles. The largest absolute Gasteiger partial charge is 0.394 e. The van der Waals surface area contributed by atoms with Gasteiger partial charge in [-0.15, -0.1) is 0 Å². The van der Waals surface area contributed by atoms with E-state index in [1.165, 1.54) is 0 Å². The van der Waals surface area contributed by atoms with Crippen molar-refractivity contribution in [2.24, 2.45) is 5.41 Å². The molecule has 1 aromatic rings. The number of carbonyl (C=O) groups excluding carboxylic acids is 1. The Morgan fingerprint density at radius 3 is 2.57 bits per heavy atom. The summed E-state index contributed by atoms with van der Waals surface area (Å²) in [6.45, 7) is 6.31. The lowest BCUT2D eigenvalue weighted by Gasteiger charge is -2.40. The summed E-state index contributed by atoms with van der Waals surface area (Å²) in [6.07, 6.45) is 1.50. The minimum absolute atomic E-state index is 0.0138. The van der Waals surface area contributed by atoms with Gasteiger partial charge >= 0.3 is 0 Å². The molecular weight excluding hydrogens is 268 g/mol. The summed E-state index contributed by atoms with van der Waals surface area (Å²) in [7, 11) is 0. The van der Waals surface area contributed by atoms with E-state index in [4.69, 9.17) is 0 Å². The van der Waals surface area contributed by atoms with Crippen molar-refractivity contribution in [3.63, 3.8) is 0 Å². The average Bonchev–Trinajstić information content (AvgIpc) is 2.80. The standard InChI is InChI=1S/C16H24N2O3/c1-16(2,3)15-7-11-6-12(17-10-21)4-5-14(11)18(15)13(8-19)9-20/h4-6,10,13,15,19-20H,7-9H2,1-3H3,(H,17,21). The number of nitrogens with one attached hydrogen (secondary N) is 1. The van der Waals surface area contributed by atoms with Gasteiger partial charge in [-0.1, -0.05) is 20.8 Å². The third kappa shape index (κ3) is 3.04. The van der Waals surface area contributed by atoms with Crippen molar-refractivity contribution in [2.45, 2.75) is 39.3 Å². The molecule has 21 heavy (non-hydrogen) atoms. The summed E-state index contributed by atoms with van der Waals surface area (Å²) in [5, 5.41) is 21.8. The fraction of sp³-hybridized carbons (Fsp3) is 0.562. The molecule has 116 valence electrons. The number of amides is 1. The van der Waals surface area contributed by atoms with Gasteiger partial charge in [0.15, 0.2) is 0 Å². The molecule has 0 spiro atoms. The minimum Gasteiger partial charge on any atom is -0.394 e. The summed E-state index contributed by atoms with van der Waals surface area (Å²) in [4.78, 5) is 12.7. The second kappa shape index (κ2) is 6.03. The third-order valence-corrected chi connectivity index (χ3v) is 4.15. The Morgan fingerprint density at radius 2 is 2.05 bits per heavy atom. The first-order valence-electron chi connectivity index (χ1n) is 7.25. The van der Waals surface area contributed by atoms with Crippen LogP contribution in [0, 0.1) is 5.41 Å². The zero-order valence-electron chi connectivity index (χ0n) is 12.8. The van der Waals surface area contributed by atoms with Crippen molar-refractivity contribution in [1.82, 2.24) is 0 Å². The Bertz CT molecular complexity index is 507. The van der Waals surface area contributed by atoms with Crippen molar-refractivity contribution in [3.8, 4) is 0 Å². The fourth-order valence-corrected chi connectivity index (χ4v) is 3.04. The molecule has 1 aliphatic rings. The molecule has 0 saturated carbocycles. The van der Waals surface area contributed by atoms with E-state index < -0.39 is 0 Å². The first kappa shape index (κ1) is 15.8. The van der Waals surface area contributed by atoms with Crippen LogP contribution in [0.25, 0.3) is 0 Å². The van der Waals surface area contributed by atoms with E-state index in [9.17, 15) is 15.0 Å². The van der Waals surface area contributed by atoms with Gasteiger partial charge in [-0.05, 0) is 35.6 Å². The van der Waals surface area contributed by atoms with Crippen LogP contribution in [-0.4, -0.2) is 41.9 Å². The molecule has 1 heterocycles. The van der Waals surface area contributed by atoms with E-state index in [2.05, 4.69) is 31.0 Å². The molecule has 1 aromatic carbocycles. The van der Waals surface area contributed by atoms with Crippen LogP contribution < -0.4 is 10.2 Å². The molecule has 0 radical (unpaired) electrons. The molecule has 0 saturated heterocycles. The van der Waals surface area contributed by atoms with Crippen molar-refractivity contribution in [3.05, 3.63) is 23.8 Å². The van der Waals surface area contributed by atoms with Crippen molar-refractivity contribution < 1.29 is 15.0 Å². The van der Waals surface area contributed by atoms with Gasteiger partial charge in [0, 0.05) is 17.4 Å². The molecule has 1 unspecified atom stereocenters. The first-order chi connectivity index (χ1) is 9.92. The van der Waals surface area contributed by atoms with Crippen LogP contribution in [0.5, 0.6) is 0 Å². The Balaban J connectivity index is 2.42. The molecule has 0 fully saturated rings. The van der Waals surface area contributed by atoms with Crippen molar-refractivity contribution in [2.75, 3.05) is 23.4 Å². The minimum atomic E-state index is -0.305. The van der Waals surface area contributed by atoms with E-state index in [0.717, 1.165) is 23.4 Å². The highest BCUT2D eigenvalue weighted by Crippen LogP contribution is 2.42. The number of nitrogens with zero attached hydrogens (tertiary/aromatic N) is 1. The number of aliphatic hydroxyl groups is 2. The number of anilines is 2. The highest BCUT2D eigenvalue weighted by Gasteiger charge is 2.40. The van der Waals surface area contributed by atoms with E-state index in [1.54, 1.807) is 0 Å². The number of aliphatic hydroxyl groups excluding tert-OH is 2. The van der Waals surface area contributed by atoms with Gasteiger partial charge in [0.25, 0.3) is 0 Å². The van der Waals surface area contributed by atoms with E-state index in [1.807, 2.05) is 18.2 Å². The maximum atomic E-state index is 10.6. The van der Waals surface area contributed by atoms with Crippen LogP contribution in [-0.2, 0) is 11.2 Å². The van der Waals surface area contributed by atoms with Crippen LogP contribution in [0.1, 0.15) is 26.3 Å². The van der Waals surface area contributed by atoms with Gasteiger partial charge in [-0.2, -0.15) is 0 Å². The van der Waals surface area contributed by atoms with Gasteiger partial charge in [-0.3, -0.25) is 4.79 Å². The maximum absolute atomic E-state index is 10.6. The Kier molecular flexibility index (Phi) is 4.54. The Morgan fingerprint density at radius 1 is 1.38 bits per heavy atom. The van der Waals surface area contributed by atoms with Crippen LogP contribution in [0.2, 0.25) is 0 Å². The second-order valence-electron chi connectivity index (χ2n) is 6.62. The molecular formula is C16H24N2O3. The Hall–Kier alpha value is -1.59. The summed E-state index contributed by atoms with van der Waals surface area (Å²) in [5.41, 5.74) is 2.94. The lowest BCUT2D eigenvalue weighted by molar-refractivity contribution is -0.105. The quantitative estimate of drug-likeness (QED) is 0.717. The molecule has 5 nitrogen and oxygen atoms in total. The lowest BCUT2D eigenvalue weighted by Crippen LogP contribution is -2.50. The smallest absolute Gasteiger partial charge is 0.211 e. The van der Waals surface area contributed by atoms with Gasteiger partial charge in [0.2, 0.25) is 6.41 Å². The normalized spacial score (nSPS) is 18.0. The van der Waals surface area contributed by atoms with Gasteiger partial charge in [-0.25, -0.2) is 0 Å². The first-order valence-corrected chi connectivity index (χ1v) is 7.25. The number of carbonyl (C=O) groups is 1. The summed E-state index contributed by atoms with van der Waals surface area (Å²) in [5.74, 6) is 0. The molecule has 1 amide bonds. The van der Waals surface area contributed by atoms with E-state index >= 15 is 0 Å². The highest BCUT2D eigenvalue weighted by molar-refractivity contribution is 5.75.